The molecule has 0 aromatic carbocycles. The van der Waals surface area contributed by atoms with Gasteiger partial charge in [0.05, 0.1) is 0 Å². The van der Waals surface area contributed by atoms with E-state index in [2.05, 4.69) is 20.4 Å². The molecule has 3 saturated carbocycles. The third-order valence-electron chi connectivity index (χ3n) is 8.94. The molecular formula is C24H32O4. The molecule has 0 N–H and O–H groups in total. The molecule has 0 saturated heterocycles. The SMILES string of the molecule is C=C1C[C@H]2[C@H]3CC[C@](OC(C)=O)(C(C)=O)[C@@]3(C)CC[C@@H]2[C@@]2(C)CCC(=O)C=C12. The van der Waals surface area contributed by atoms with E-state index in [9.17, 15) is 14.4 Å². The fraction of sp³-hybridized carbons (Fsp3) is 0.708. The maximum absolute atomic E-state index is 12.8. The maximum atomic E-state index is 12.8. The average Bonchev–Trinajstić information content (AvgIpc) is 2.90. The highest BCUT2D eigenvalue weighted by atomic mass is 16.6. The van der Waals surface area contributed by atoms with Crippen molar-refractivity contribution < 1.29 is 19.1 Å². The van der Waals surface area contributed by atoms with E-state index < -0.39 is 5.60 Å². The highest BCUT2D eigenvalue weighted by molar-refractivity contribution is 5.92. The molecule has 152 valence electrons. The molecule has 6 atom stereocenters. The Morgan fingerprint density at radius 2 is 1.79 bits per heavy atom. The Morgan fingerprint density at radius 1 is 1.11 bits per heavy atom. The van der Waals surface area contributed by atoms with Gasteiger partial charge in [-0.25, -0.2) is 0 Å². The molecule has 28 heavy (non-hydrogen) atoms. The quantitative estimate of drug-likeness (QED) is 0.654. The lowest BCUT2D eigenvalue weighted by molar-refractivity contribution is -0.186. The second-order valence-electron chi connectivity index (χ2n) is 10.1. The van der Waals surface area contributed by atoms with Gasteiger partial charge in [0.15, 0.2) is 17.2 Å². The van der Waals surface area contributed by atoms with Crippen LogP contribution in [0.5, 0.6) is 0 Å². The molecule has 0 aliphatic heterocycles. The van der Waals surface area contributed by atoms with Gasteiger partial charge < -0.3 is 4.74 Å². The van der Waals surface area contributed by atoms with Gasteiger partial charge >= 0.3 is 5.97 Å². The van der Waals surface area contributed by atoms with Crippen molar-refractivity contribution in [1.29, 1.82) is 0 Å². The third-order valence-corrected chi connectivity index (χ3v) is 8.94. The maximum Gasteiger partial charge on any atom is 0.303 e. The van der Waals surface area contributed by atoms with Crippen LogP contribution in [0, 0.1) is 28.6 Å². The van der Waals surface area contributed by atoms with Crippen molar-refractivity contribution in [3.63, 3.8) is 0 Å². The minimum absolute atomic E-state index is 0.00184. The number of hydrogen-bond acceptors (Lipinski definition) is 4. The predicted molar refractivity (Wildman–Crippen MR) is 106 cm³/mol. The monoisotopic (exact) mass is 384 g/mol. The van der Waals surface area contributed by atoms with Gasteiger partial charge in [-0.15, -0.1) is 0 Å². The lowest BCUT2D eigenvalue weighted by Crippen LogP contribution is -2.58. The first-order chi connectivity index (χ1) is 13.0. The first-order valence-electron chi connectivity index (χ1n) is 10.7. The molecule has 3 fully saturated rings. The summed E-state index contributed by atoms with van der Waals surface area (Å²) < 4.78 is 5.82. The molecule has 4 aliphatic carbocycles. The molecule has 0 bridgehead atoms. The van der Waals surface area contributed by atoms with Crippen molar-refractivity contribution >= 4 is 17.5 Å². The highest BCUT2D eigenvalue weighted by Gasteiger charge is 2.68. The van der Waals surface area contributed by atoms with Crippen LogP contribution in [0.15, 0.2) is 23.8 Å². The number of allylic oxidation sites excluding steroid dienone is 2. The number of fused-ring (bicyclic) bond motifs is 5. The number of esters is 1. The van der Waals surface area contributed by atoms with Crippen molar-refractivity contribution in [1.82, 2.24) is 0 Å². The molecular weight excluding hydrogens is 352 g/mol. The standard InChI is InChI=1S/C24H32O4/c1-14-12-18-19(22(4)9-6-17(27)13-21(14)22)7-10-23(5)20(18)8-11-24(23,15(2)25)28-16(3)26/h13,18-20H,1,6-12H2,2-5H3/t18-,19+,20-,22-,23+,24+/m1/s1. The summed E-state index contributed by atoms with van der Waals surface area (Å²) in [5.41, 5.74) is 0.944. The van der Waals surface area contributed by atoms with Crippen LogP contribution < -0.4 is 0 Å². The predicted octanol–water partition coefficient (Wildman–Crippen LogP) is 4.58. The fourth-order valence-electron chi connectivity index (χ4n) is 7.63. The summed E-state index contributed by atoms with van der Waals surface area (Å²) in [6.07, 6.45) is 7.66. The Balaban J connectivity index is 1.75. The van der Waals surface area contributed by atoms with Gasteiger partial charge in [0.1, 0.15) is 0 Å². The number of carbonyl (C=O) groups excluding carboxylic acids is 3. The Labute approximate surface area is 167 Å². The van der Waals surface area contributed by atoms with Gasteiger partial charge in [-0.2, -0.15) is 0 Å². The first-order valence-corrected chi connectivity index (χ1v) is 10.7. The molecule has 0 radical (unpaired) electrons. The van der Waals surface area contributed by atoms with E-state index in [1.54, 1.807) is 6.92 Å². The highest BCUT2D eigenvalue weighted by Crippen LogP contribution is 2.68. The lowest BCUT2D eigenvalue weighted by atomic mass is 9.45. The largest absolute Gasteiger partial charge is 0.451 e. The van der Waals surface area contributed by atoms with Crippen LogP contribution in [0.2, 0.25) is 0 Å². The second-order valence-corrected chi connectivity index (χ2v) is 10.1. The molecule has 4 nitrogen and oxygen atoms in total. The smallest absolute Gasteiger partial charge is 0.303 e. The van der Waals surface area contributed by atoms with Crippen LogP contribution in [0.4, 0.5) is 0 Å². The molecule has 4 heteroatoms. The molecule has 0 heterocycles. The van der Waals surface area contributed by atoms with Gasteiger partial charge in [-0.05, 0) is 80.3 Å². The summed E-state index contributed by atoms with van der Waals surface area (Å²) in [6.45, 7) is 11.8. The zero-order chi connectivity index (χ0) is 20.5. The van der Waals surface area contributed by atoms with E-state index in [4.69, 9.17) is 4.74 Å². The normalized spacial score (nSPS) is 44.9. The van der Waals surface area contributed by atoms with Gasteiger partial charge in [-0.3, -0.25) is 14.4 Å². The van der Waals surface area contributed by atoms with Crippen LogP contribution in [-0.4, -0.2) is 23.1 Å². The molecule has 0 amide bonds. The Hall–Kier alpha value is -1.71. The number of carbonyl (C=O) groups is 3. The van der Waals surface area contributed by atoms with Crippen LogP contribution in [0.25, 0.3) is 0 Å². The van der Waals surface area contributed by atoms with Crippen molar-refractivity contribution in [2.24, 2.45) is 28.6 Å². The van der Waals surface area contributed by atoms with Crippen molar-refractivity contribution in [3.05, 3.63) is 23.8 Å². The van der Waals surface area contributed by atoms with Gasteiger partial charge in [0, 0.05) is 18.8 Å². The van der Waals surface area contributed by atoms with E-state index >= 15 is 0 Å². The van der Waals surface area contributed by atoms with Gasteiger partial charge in [0.25, 0.3) is 0 Å². The summed E-state index contributed by atoms with van der Waals surface area (Å²) in [7, 11) is 0. The first kappa shape index (κ1) is 19.6. The van der Waals surface area contributed by atoms with Crippen LogP contribution in [0.3, 0.4) is 0 Å². The summed E-state index contributed by atoms with van der Waals surface area (Å²) in [5.74, 6) is 1.10. The third kappa shape index (κ3) is 2.39. The minimum atomic E-state index is -0.991. The summed E-state index contributed by atoms with van der Waals surface area (Å²) in [6, 6.07) is 0. The number of Topliss-reactive ketones (excluding diaryl/α,β-unsaturated/α-hetero) is 1. The Kier molecular flexibility index (Phi) is 4.30. The van der Waals surface area contributed by atoms with E-state index in [0.717, 1.165) is 37.7 Å². The summed E-state index contributed by atoms with van der Waals surface area (Å²) in [4.78, 5) is 36.7. The van der Waals surface area contributed by atoms with E-state index in [1.165, 1.54) is 12.5 Å². The van der Waals surface area contributed by atoms with Crippen molar-refractivity contribution in [2.45, 2.75) is 78.2 Å². The number of ketones is 2. The van der Waals surface area contributed by atoms with E-state index in [-0.39, 0.29) is 28.4 Å². The average molecular weight is 385 g/mol. The minimum Gasteiger partial charge on any atom is -0.451 e. The number of ether oxygens (including phenoxy) is 1. The fourth-order valence-corrected chi connectivity index (χ4v) is 7.63. The summed E-state index contributed by atoms with van der Waals surface area (Å²) in [5, 5.41) is 0. The summed E-state index contributed by atoms with van der Waals surface area (Å²) >= 11 is 0. The van der Waals surface area contributed by atoms with E-state index in [0.29, 0.717) is 30.6 Å². The van der Waals surface area contributed by atoms with Gasteiger partial charge in [-0.1, -0.05) is 26.0 Å². The van der Waals surface area contributed by atoms with Crippen LogP contribution in [-0.2, 0) is 19.1 Å². The lowest BCUT2D eigenvalue weighted by Gasteiger charge is -2.59. The number of rotatable bonds is 2. The van der Waals surface area contributed by atoms with E-state index in [1.807, 2.05) is 6.08 Å². The van der Waals surface area contributed by atoms with Crippen molar-refractivity contribution in [3.8, 4) is 0 Å². The molecule has 0 unspecified atom stereocenters. The molecule has 4 rings (SSSR count). The van der Waals surface area contributed by atoms with Crippen LogP contribution in [0.1, 0.15) is 72.6 Å². The van der Waals surface area contributed by atoms with Gasteiger partial charge in [0.2, 0.25) is 0 Å². The molecule has 0 spiro atoms. The molecule has 0 aromatic rings. The van der Waals surface area contributed by atoms with Crippen molar-refractivity contribution in [2.75, 3.05) is 0 Å². The zero-order valence-electron chi connectivity index (χ0n) is 17.6. The Bertz CT molecular complexity index is 807. The van der Waals surface area contributed by atoms with Crippen LogP contribution >= 0.6 is 0 Å². The second kappa shape index (κ2) is 6.14. The molecule has 0 aromatic heterocycles. The topological polar surface area (TPSA) is 60.4 Å². The number of hydrogen-bond donors (Lipinski definition) is 0. The Morgan fingerprint density at radius 3 is 2.43 bits per heavy atom. The molecule has 4 aliphatic rings. The zero-order valence-corrected chi connectivity index (χ0v) is 17.6.